The Kier molecular flexibility index (Phi) is 15.9. The van der Waals surface area contributed by atoms with Gasteiger partial charge in [-0.05, 0) is 99.5 Å². The number of aromatic nitrogens is 2. The van der Waals surface area contributed by atoms with Gasteiger partial charge in [0.25, 0.3) is 0 Å². The fraction of sp³-hybridized carbons (Fsp3) is 0.526. The number of rotatable bonds is 7. The number of halogens is 1. The predicted octanol–water partition coefficient (Wildman–Crippen LogP) is 10.3. The Hall–Kier alpha value is -2.89. The number of nitrogens with zero attached hydrogens (tertiary/aromatic N) is 2. The van der Waals surface area contributed by atoms with E-state index >= 15 is 0 Å². The SMILES string of the molecule is C/C=C(/C(=O)C1COc2ccc(Cl)cc2C1)c1ccc(-c2cn[nH]c2C)cc1C(C)CC.CC.CCC.CCC1CCN1C. The molecule has 1 N–H and O–H groups in total. The Morgan fingerprint density at radius 2 is 1.86 bits per heavy atom. The van der Waals surface area contributed by atoms with Crippen molar-refractivity contribution < 1.29 is 9.53 Å². The van der Waals surface area contributed by atoms with Crippen LogP contribution in [0.15, 0.2) is 48.7 Å². The van der Waals surface area contributed by atoms with E-state index < -0.39 is 0 Å². The summed E-state index contributed by atoms with van der Waals surface area (Å²) < 4.78 is 5.91. The molecule has 2 aliphatic rings. The van der Waals surface area contributed by atoms with Gasteiger partial charge in [0, 0.05) is 27.9 Å². The van der Waals surface area contributed by atoms with Crippen LogP contribution in [-0.4, -0.2) is 47.1 Å². The molecular weight excluding hydrogens is 566 g/mol. The molecule has 3 unspecified atom stereocenters. The average Bonchev–Trinajstić information content (AvgIpc) is 3.47. The molecule has 1 fully saturated rings. The first-order valence-electron chi connectivity index (χ1n) is 16.6. The highest BCUT2D eigenvalue weighted by atomic mass is 35.5. The minimum absolute atomic E-state index is 0.120. The van der Waals surface area contributed by atoms with Gasteiger partial charge in [-0.15, -0.1) is 0 Å². The third-order valence-electron chi connectivity index (χ3n) is 8.39. The topological polar surface area (TPSA) is 58.2 Å². The molecule has 5 rings (SSSR count). The quantitative estimate of drug-likeness (QED) is 0.267. The standard InChI is InChI=1S/C27H29ClN2O2.C6H13N.C3H8.C2H6/c1-5-16(3)24-13-18(25-14-29-30-17(25)4)7-9-23(24)22(6-2)27(31)20-11-19-12-21(28)8-10-26(19)32-15-20;1-3-6-4-5-7(6)2;1-3-2;1-2/h6-10,12-14,16,20H,5,11,15H2,1-4H3,(H,29,30);6H,3-5H2,1-2H3;3H2,1-2H3;1-2H3/b22-6+;;;. The maximum atomic E-state index is 13.7. The number of carbonyl (C=O) groups excluding carboxylic acids is 1. The van der Waals surface area contributed by atoms with Gasteiger partial charge in [-0.1, -0.05) is 90.8 Å². The third kappa shape index (κ3) is 9.55. The van der Waals surface area contributed by atoms with Gasteiger partial charge in [0.05, 0.1) is 18.7 Å². The number of carbonyl (C=O) groups is 1. The van der Waals surface area contributed by atoms with Gasteiger partial charge in [-0.2, -0.15) is 5.10 Å². The summed E-state index contributed by atoms with van der Waals surface area (Å²) in [4.78, 5) is 16.1. The molecule has 0 radical (unpaired) electrons. The van der Waals surface area contributed by atoms with Crippen molar-refractivity contribution in [3.8, 4) is 16.9 Å². The van der Waals surface area contributed by atoms with E-state index in [1.54, 1.807) is 0 Å². The number of H-pyrrole nitrogens is 1. The summed E-state index contributed by atoms with van der Waals surface area (Å²) in [6, 6.07) is 12.9. The van der Waals surface area contributed by atoms with Crippen molar-refractivity contribution >= 4 is 23.0 Å². The smallest absolute Gasteiger partial charge is 0.169 e. The molecule has 6 heteroatoms. The Labute approximate surface area is 272 Å². The van der Waals surface area contributed by atoms with Crippen molar-refractivity contribution in [2.24, 2.45) is 5.92 Å². The fourth-order valence-corrected chi connectivity index (χ4v) is 5.71. The van der Waals surface area contributed by atoms with Gasteiger partial charge in [-0.25, -0.2) is 0 Å². The van der Waals surface area contributed by atoms with Crippen molar-refractivity contribution in [2.45, 2.75) is 106 Å². The van der Waals surface area contributed by atoms with Crippen LogP contribution in [0.1, 0.15) is 109 Å². The van der Waals surface area contributed by atoms with Crippen LogP contribution in [0.3, 0.4) is 0 Å². The van der Waals surface area contributed by atoms with Crippen molar-refractivity contribution in [2.75, 3.05) is 20.2 Å². The number of likely N-dealkylation sites (tertiary alicyclic amines) is 1. The van der Waals surface area contributed by atoms with Crippen LogP contribution in [0.2, 0.25) is 5.02 Å². The first-order valence-corrected chi connectivity index (χ1v) is 17.0. The highest BCUT2D eigenvalue weighted by Crippen LogP contribution is 2.36. The molecule has 0 saturated carbocycles. The lowest BCUT2D eigenvalue weighted by Gasteiger charge is -2.37. The van der Waals surface area contributed by atoms with E-state index in [1.807, 2.05) is 58.2 Å². The third-order valence-corrected chi connectivity index (χ3v) is 8.62. The monoisotopic (exact) mass is 621 g/mol. The van der Waals surface area contributed by atoms with Crippen LogP contribution < -0.4 is 4.74 Å². The molecular formula is C38H56ClN3O2. The molecule has 2 aliphatic heterocycles. The number of allylic oxidation sites excluding steroid dienone is 2. The summed E-state index contributed by atoms with van der Waals surface area (Å²) in [5.41, 5.74) is 7.18. The normalized spacial score (nSPS) is 18.0. The summed E-state index contributed by atoms with van der Waals surface area (Å²) >= 11 is 6.17. The Bertz CT molecular complexity index is 1340. The van der Waals surface area contributed by atoms with Crippen molar-refractivity contribution in [3.63, 3.8) is 0 Å². The van der Waals surface area contributed by atoms with Gasteiger partial charge in [0.1, 0.15) is 5.75 Å². The van der Waals surface area contributed by atoms with E-state index in [4.69, 9.17) is 16.3 Å². The first-order chi connectivity index (χ1) is 21.2. The van der Waals surface area contributed by atoms with Crippen molar-refractivity contribution in [1.82, 2.24) is 15.1 Å². The molecule has 3 atom stereocenters. The number of ketones is 1. The molecule has 0 amide bonds. The number of nitrogens with one attached hydrogen (secondary N) is 1. The van der Waals surface area contributed by atoms with Crippen molar-refractivity contribution in [3.05, 3.63) is 76.1 Å². The summed E-state index contributed by atoms with van der Waals surface area (Å²) in [5, 5.41) is 7.84. The summed E-state index contributed by atoms with van der Waals surface area (Å²) in [7, 11) is 2.19. The number of Topliss-reactive ketones (excluding diaryl/α,β-unsaturated/α-hetero) is 1. The molecule has 5 nitrogen and oxygen atoms in total. The Morgan fingerprint density at radius 1 is 1.16 bits per heavy atom. The molecule has 3 heterocycles. The van der Waals surface area contributed by atoms with Gasteiger partial charge in [0.15, 0.2) is 5.78 Å². The lowest BCUT2D eigenvalue weighted by Crippen LogP contribution is -2.43. The first kappa shape index (κ1) is 37.3. The van der Waals surface area contributed by atoms with E-state index in [0.717, 1.165) is 51.7 Å². The van der Waals surface area contributed by atoms with Crippen LogP contribution in [-0.2, 0) is 11.2 Å². The Morgan fingerprint density at radius 3 is 2.36 bits per heavy atom. The van der Waals surface area contributed by atoms with E-state index in [1.165, 1.54) is 31.4 Å². The lowest BCUT2D eigenvalue weighted by molar-refractivity contribution is -0.118. The van der Waals surface area contributed by atoms with E-state index in [0.29, 0.717) is 24.0 Å². The maximum absolute atomic E-state index is 13.7. The number of aryl methyl sites for hydroxylation is 1. The zero-order valence-corrected chi connectivity index (χ0v) is 29.6. The Balaban J connectivity index is 0.000000477. The van der Waals surface area contributed by atoms with Gasteiger partial charge in [0.2, 0.25) is 0 Å². The van der Waals surface area contributed by atoms with Gasteiger partial charge >= 0.3 is 0 Å². The van der Waals surface area contributed by atoms with Crippen LogP contribution in [0.25, 0.3) is 16.7 Å². The average molecular weight is 622 g/mol. The van der Waals surface area contributed by atoms with Gasteiger partial charge in [-0.3, -0.25) is 9.89 Å². The van der Waals surface area contributed by atoms with E-state index in [-0.39, 0.29) is 11.7 Å². The minimum Gasteiger partial charge on any atom is -0.493 e. The second kappa shape index (κ2) is 18.8. The largest absolute Gasteiger partial charge is 0.493 e. The molecule has 44 heavy (non-hydrogen) atoms. The number of hydrogen-bond acceptors (Lipinski definition) is 4. The predicted molar refractivity (Wildman–Crippen MR) is 189 cm³/mol. The molecule has 2 aromatic carbocycles. The zero-order chi connectivity index (χ0) is 32.8. The van der Waals surface area contributed by atoms with Crippen LogP contribution in [0, 0.1) is 12.8 Å². The summed E-state index contributed by atoms with van der Waals surface area (Å²) in [6.45, 7) is 20.6. The molecule has 0 bridgehead atoms. The van der Waals surface area contributed by atoms with E-state index in [9.17, 15) is 4.79 Å². The zero-order valence-electron chi connectivity index (χ0n) is 28.9. The van der Waals surface area contributed by atoms with Crippen LogP contribution in [0.5, 0.6) is 5.75 Å². The number of aromatic amines is 1. The highest BCUT2D eigenvalue weighted by Gasteiger charge is 2.30. The highest BCUT2D eigenvalue weighted by molar-refractivity contribution is 6.30. The van der Waals surface area contributed by atoms with Crippen LogP contribution in [0.4, 0.5) is 0 Å². The summed E-state index contributed by atoms with van der Waals surface area (Å²) in [6.07, 6.45) is 9.43. The number of fused-ring (bicyclic) bond motifs is 1. The molecule has 3 aromatic rings. The minimum atomic E-state index is -0.229. The fourth-order valence-electron chi connectivity index (χ4n) is 5.51. The molecule has 242 valence electrons. The van der Waals surface area contributed by atoms with Crippen LogP contribution >= 0.6 is 11.6 Å². The molecule has 1 aromatic heterocycles. The number of ether oxygens (including phenoxy) is 1. The second-order valence-electron chi connectivity index (χ2n) is 11.6. The molecule has 1 saturated heterocycles. The van der Waals surface area contributed by atoms with Gasteiger partial charge < -0.3 is 9.64 Å². The number of benzene rings is 2. The van der Waals surface area contributed by atoms with Crippen molar-refractivity contribution in [1.29, 1.82) is 0 Å². The molecule has 0 aliphatic carbocycles. The maximum Gasteiger partial charge on any atom is 0.169 e. The van der Waals surface area contributed by atoms with E-state index in [2.05, 4.69) is 75.0 Å². The molecule has 0 spiro atoms. The summed E-state index contributed by atoms with van der Waals surface area (Å²) in [5.74, 6) is 1.03. The second-order valence-corrected chi connectivity index (χ2v) is 12.0. The number of hydrogen-bond donors (Lipinski definition) is 1. The lowest BCUT2D eigenvalue weighted by atomic mass is 9.82.